The van der Waals surface area contributed by atoms with Crippen LogP contribution < -0.4 is 5.73 Å². The van der Waals surface area contributed by atoms with Gasteiger partial charge in [0.2, 0.25) is 0 Å². The molecule has 1 aromatic rings. The van der Waals surface area contributed by atoms with Gasteiger partial charge in [0.1, 0.15) is 5.82 Å². The number of anilines is 1. The molecule has 0 saturated carbocycles. The zero-order valence-corrected chi connectivity index (χ0v) is 14.1. The molecule has 1 saturated heterocycles. The molecule has 1 aromatic heterocycles. The lowest BCUT2D eigenvalue weighted by Crippen LogP contribution is -2.15. The fourth-order valence-electron chi connectivity index (χ4n) is 3.26. The zero-order chi connectivity index (χ0) is 15.6. The first kappa shape index (κ1) is 16.3. The van der Waals surface area contributed by atoms with Gasteiger partial charge in [0, 0.05) is 11.5 Å². The van der Waals surface area contributed by atoms with Crippen molar-refractivity contribution in [1.82, 2.24) is 9.78 Å². The number of sulfone groups is 1. The van der Waals surface area contributed by atoms with E-state index in [4.69, 9.17) is 10.8 Å². The van der Waals surface area contributed by atoms with Crippen molar-refractivity contribution in [1.29, 1.82) is 0 Å². The van der Waals surface area contributed by atoms with E-state index in [1.165, 1.54) is 0 Å². The summed E-state index contributed by atoms with van der Waals surface area (Å²) in [4.78, 5) is 0. The van der Waals surface area contributed by atoms with E-state index in [0.29, 0.717) is 18.2 Å². The highest BCUT2D eigenvalue weighted by Crippen LogP contribution is 2.34. The van der Waals surface area contributed by atoms with E-state index in [9.17, 15) is 8.42 Å². The van der Waals surface area contributed by atoms with Gasteiger partial charge in [0.05, 0.1) is 23.2 Å². The molecule has 1 atom stereocenters. The fraction of sp³-hybridized carbons (Fsp3) is 0.800. The molecule has 2 heterocycles. The summed E-state index contributed by atoms with van der Waals surface area (Å²) in [5.74, 6) is 1.52. The van der Waals surface area contributed by atoms with Crippen molar-refractivity contribution >= 4 is 15.7 Å². The molecule has 6 heteroatoms. The third-order valence-corrected chi connectivity index (χ3v) is 6.26. The van der Waals surface area contributed by atoms with Crippen LogP contribution in [0.15, 0.2) is 0 Å². The maximum Gasteiger partial charge on any atom is 0.152 e. The van der Waals surface area contributed by atoms with E-state index in [0.717, 1.165) is 36.9 Å². The van der Waals surface area contributed by atoms with Crippen LogP contribution in [-0.2, 0) is 16.3 Å². The minimum Gasteiger partial charge on any atom is -0.384 e. The lowest BCUT2D eigenvalue weighted by Gasteiger charge is -2.11. The smallest absolute Gasteiger partial charge is 0.152 e. The second kappa shape index (κ2) is 6.38. The van der Waals surface area contributed by atoms with Crippen LogP contribution in [0.5, 0.6) is 0 Å². The van der Waals surface area contributed by atoms with Crippen molar-refractivity contribution in [2.24, 2.45) is 0 Å². The molecular formula is C15H27N3O2S. The largest absolute Gasteiger partial charge is 0.384 e. The summed E-state index contributed by atoms with van der Waals surface area (Å²) >= 11 is 0. The van der Waals surface area contributed by atoms with Gasteiger partial charge in [-0.25, -0.2) is 13.1 Å². The van der Waals surface area contributed by atoms with Crippen LogP contribution in [0, 0.1) is 0 Å². The van der Waals surface area contributed by atoms with Crippen LogP contribution in [0.4, 0.5) is 5.82 Å². The molecular weight excluding hydrogens is 286 g/mol. The molecule has 0 aromatic carbocycles. The third kappa shape index (κ3) is 3.25. The second-order valence-electron chi connectivity index (χ2n) is 6.01. The maximum absolute atomic E-state index is 11.7. The SMILES string of the molecule is CCCc1c(C(CC)CC)nn(C2CCS(=O)(=O)C2)c1N. The van der Waals surface area contributed by atoms with Crippen molar-refractivity contribution < 1.29 is 8.42 Å². The van der Waals surface area contributed by atoms with Gasteiger partial charge in [-0.1, -0.05) is 27.2 Å². The molecule has 2 rings (SSSR count). The monoisotopic (exact) mass is 313 g/mol. The first-order valence-electron chi connectivity index (χ1n) is 8.00. The molecule has 5 nitrogen and oxygen atoms in total. The number of nitrogens with zero attached hydrogens (tertiary/aromatic N) is 2. The average Bonchev–Trinajstić information content (AvgIpc) is 2.94. The second-order valence-corrected chi connectivity index (χ2v) is 8.24. The summed E-state index contributed by atoms with van der Waals surface area (Å²) in [7, 11) is -2.92. The summed E-state index contributed by atoms with van der Waals surface area (Å²) in [5.41, 5.74) is 8.53. The van der Waals surface area contributed by atoms with Crippen LogP contribution in [0.25, 0.3) is 0 Å². The van der Waals surface area contributed by atoms with Crippen molar-refractivity contribution in [3.05, 3.63) is 11.3 Å². The Morgan fingerprint density at radius 1 is 1.33 bits per heavy atom. The molecule has 120 valence electrons. The number of hydrogen-bond acceptors (Lipinski definition) is 4. The Kier molecular flexibility index (Phi) is 4.96. The topological polar surface area (TPSA) is 78.0 Å². The molecule has 21 heavy (non-hydrogen) atoms. The maximum atomic E-state index is 11.7. The van der Waals surface area contributed by atoms with Gasteiger partial charge in [-0.2, -0.15) is 5.10 Å². The van der Waals surface area contributed by atoms with E-state index >= 15 is 0 Å². The molecule has 0 aliphatic carbocycles. The Bertz CT molecular complexity index is 588. The van der Waals surface area contributed by atoms with E-state index in [1.54, 1.807) is 4.68 Å². The van der Waals surface area contributed by atoms with Gasteiger partial charge in [-0.3, -0.25) is 0 Å². The van der Waals surface area contributed by atoms with Crippen LogP contribution >= 0.6 is 0 Å². The highest BCUT2D eigenvalue weighted by atomic mass is 32.2. The van der Waals surface area contributed by atoms with Gasteiger partial charge in [0.15, 0.2) is 9.84 Å². The predicted octanol–water partition coefficient (Wildman–Crippen LogP) is 2.68. The average molecular weight is 313 g/mol. The van der Waals surface area contributed by atoms with E-state index < -0.39 is 9.84 Å². The molecule has 1 aliphatic rings. The molecule has 1 aliphatic heterocycles. The van der Waals surface area contributed by atoms with Crippen molar-refractivity contribution in [3.8, 4) is 0 Å². The molecule has 1 unspecified atom stereocenters. The number of aromatic nitrogens is 2. The fourth-order valence-corrected chi connectivity index (χ4v) is 4.95. The number of nitrogen functional groups attached to an aromatic ring is 1. The number of nitrogens with two attached hydrogens (primary N) is 1. The van der Waals surface area contributed by atoms with Crippen molar-refractivity contribution in [3.63, 3.8) is 0 Å². The normalized spacial score (nSPS) is 21.2. The Labute approximate surface area is 127 Å². The lowest BCUT2D eigenvalue weighted by atomic mass is 9.94. The van der Waals surface area contributed by atoms with Gasteiger partial charge >= 0.3 is 0 Å². The van der Waals surface area contributed by atoms with E-state index in [-0.39, 0.29) is 17.5 Å². The van der Waals surface area contributed by atoms with E-state index in [2.05, 4.69) is 20.8 Å². The summed E-state index contributed by atoms with van der Waals surface area (Å²) < 4.78 is 25.2. The molecule has 0 radical (unpaired) electrons. The van der Waals surface area contributed by atoms with Crippen molar-refractivity contribution in [2.75, 3.05) is 17.2 Å². The Morgan fingerprint density at radius 3 is 2.48 bits per heavy atom. The Hall–Kier alpha value is -1.04. The Morgan fingerprint density at radius 2 is 2.00 bits per heavy atom. The number of rotatable bonds is 6. The van der Waals surface area contributed by atoms with Crippen molar-refractivity contribution in [2.45, 2.75) is 64.8 Å². The summed E-state index contributed by atoms with van der Waals surface area (Å²) in [6, 6.07) is -0.0891. The zero-order valence-electron chi connectivity index (χ0n) is 13.3. The van der Waals surface area contributed by atoms with Gasteiger partial charge in [-0.15, -0.1) is 0 Å². The molecule has 1 fully saturated rings. The summed E-state index contributed by atoms with van der Waals surface area (Å²) in [6.45, 7) is 6.46. The quantitative estimate of drug-likeness (QED) is 0.876. The molecule has 0 amide bonds. The Balaban J connectivity index is 2.41. The molecule has 0 spiro atoms. The lowest BCUT2D eigenvalue weighted by molar-refractivity contribution is 0.491. The van der Waals surface area contributed by atoms with Crippen LogP contribution in [0.2, 0.25) is 0 Å². The highest BCUT2D eigenvalue weighted by Gasteiger charge is 2.32. The third-order valence-electron chi connectivity index (χ3n) is 4.51. The highest BCUT2D eigenvalue weighted by molar-refractivity contribution is 7.91. The number of hydrogen-bond donors (Lipinski definition) is 1. The van der Waals surface area contributed by atoms with E-state index in [1.807, 2.05) is 0 Å². The minimum absolute atomic E-state index is 0.0891. The van der Waals surface area contributed by atoms with Gasteiger partial charge < -0.3 is 5.73 Å². The molecule has 0 bridgehead atoms. The molecule has 2 N–H and O–H groups in total. The van der Waals surface area contributed by atoms with Crippen LogP contribution in [0.1, 0.15) is 69.7 Å². The van der Waals surface area contributed by atoms with Gasteiger partial charge in [0.25, 0.3) is 0 Å². The summed E-state index contributed by atoms with van der Waals surface area (Å²) in [5, 5.41) is 4.75. The van der Waals surface area contributed by atoms with Crippen LogP contribution in [0.3, 0.4) is 0 Å². The first-order valence-corrected chi connectivity index (χ1v) is 9.82. The summed E-state index contributed by atoms with van der Waals surface area (Å²) in [6.07, 6.45) is 4.63. The van der Waals surface area contributed by atoms with Gasteiger partial charge in [-0.05, 0) is 25.7 Å². The minimum atomic E-state index is -2.92. The van der Waals surface area contributed by atoms with Crippen LogP contribution in [-0.4, -0.2) is 29.7 Å². The predicted molar refractivity (Wildman–Crippen MR) is 86.3 cm³/mol. The standard InChI is InChI=1S/C15H27N3O2S/c1-4-7-13-14(11(5-2)6-3)17-18(15(13)16)12-8-9-21(19,20)10-12/h11-12H,4-10,16H2,1-3H3. The first-order chi connectivity index (χ1) is 9.93.